The van der Waals surface area contributed by atoms with Crippen molar-refractivity contribution >= 4 is 21.8 Å². The second kappa shape index (κ2) is 6.17. The van der Waals surface area contributed by atoms with Gasteiger partial charge in [0, 0.05) is 17.1 Å². The number of rotatable bonds is 6. The molecule has 0 heterocycles. The van der Waals surface area contributed by atoms with Crippen LogP contribution in [0.4, 0.5) is 0 Å². The van der Waals surface area contributed by atoms with Gasteiger partial charge >= 0.3 is 0 Å². The van der Waals surface area contributed by atoms with Crippen molar-refractivity contribution in [3.05, 3.63) is 34.3 Å². The first-order valence-electron chi connectivity index (χ1n) is 5.99. The average molecular weight is 297 g/mol. The van der Waals surface area contributed by atoms with Crippen LogP contribution in [0.25, 0.3) is 0 Å². The van der Waals surface area contributed by atoms with Gasteiger partial charge in [0.1, 0.15) is 0 Å². The molecule has 0 bridgehead atoms. The standard InChI is InChI=1S/C13H17BrN2O/c14-12-4-2-1-3-10(12)7-8-15-13(17)9-16-11-5-6-11/h1-4,11,16H,5-9H2,(H,15,17). The van der Waals surface area contributed by atoms with Gasteiger partial charge in [-0.25, -0.2) is 0 Å². The molecule has 2 rings (SSSR count). The number of nitrogens with one attached hydrogen (secondary N) is 2. The molecule has 2 N–H and O–H groups in total. The lowest BCUT2D eigenvalue weighted by Crippen LogP contribution is -2.35. The van der Waals surface area contributed by atoms with Crippen molar-refractivity contribution in [1.82, 2.24) is 10.6 Å². The van der Waals surface area contributed by atoms with E-state index in [-0.39, 0.29) is 5.91 Å². The second-order valence-electron chi connectivity index (χ2n) is 4.35. The summed E-state index contributed by atoms with van der Waals surface area (Å²) in [5.41, 5.74) is 1.22. The van der Waals surface area contributed by atoms with Crippen molar-refractivity contribution in [2.75, 3.05) is 13.1 Å². The van der Waals surface area contributed by atoms with Crippen molar-refractivity contribution in [1.29, 1.82) is 0 Å². The molecule has 1 aromatic carbocycles. The van der Waals surface area contributed by atoms with E-state index in [9.17, 15) is 4.79 Å². The first-order valence-corrected chi connectivity index (χ1v) is 6.78. The predicted molar refractivity (Wildman–Crippen MR) is 71.9 cm³/mol. The largest absolute Gasteiger partial charge is 0.355 e. The number of halogens is 1. The molecule has 1 aliphatic rings. The van der Waals surface area contributed by atoms with Gasteiger partial charge in [-0.15, -0.1) is 0 Å². The van der Waals surface area contributed by atoms with Gasteiger partial charge in [-0.1, -0.05) is 34.1 Å². The summed E-state index contributed by atoms with van der Waals surface area (Å²) in [4.78, 5) is 11.5. The lowest BCUT2D eigenvalue weighted by molar-refractivity contribution is -0.120. The van der Waals surface area contributed by atoms with Gasteiger partial charge in [0.25, 0.3) is 0 Å². The van der Waals surface area contributed by atoms with Crippen LogP contribution in [0.2, 0.25) is 0 Å². The monoisotopic (exact) mass is 296 g/mol. The van der Waals surface area contributed by atoms with E-state index in [0.717, 1.165) is 10.9 Å². The molecule has 4 heteroatoms. The van der Waals surface area contributed by atoms with Crippen molar-refractivity contribution < 1.29 is 4.79 Å². The van der Waals surface area contributed by atoms with Crippen molar-refractivity contribution in [3.63, 3.8) is 0 Å². The zero-order chi connectivity index (χ0) is 12.1. The summed E-state index contributed by atoms with van der Waals surface area (Å²) in [5, 5.41) is 6.11. The molecule has 0 spiro atoms. The van der Waals surface area contributed by atoms with Crippen molar-refractivity contribution in [2.24, 2.45) is 0 Å². The minimum Gasteiger partial charge on any atom is -0.355 e. The molecule has 0 aromatic heterocycles. The zero-order valence-electron chi connectivity index (χ0n) is 9.71. The van der Waals surface area contributed by atoms with Gasteiger partial charge in [-0.3, -0.25) is 4.79 Å². The van der Waals surface area contributed by atoms with Gasteiger partial charge < -0.3 is 10.6 Å². The van der Waals surface area contributed by atoms with Crippen LogP contribution in [-0.4, -0.2) is 25.0 Å². The minimum absolute atomic E-state index is 0.0870. The summed E-state index contributed by atoms with van der Waals surface area (Å²) in [7, 11) is 0. The molecule has 92 valence electrons. The Bertz CT molecular complexity index is 391. The van der Waals surface area contributed by atoms with Gasteiger partial charge in [-0.2, -0.15) is 0 Å². The van der Waals surface area contributed by atoms with E-state index >= 15 is 0 Å². The Morgan fingerprint density at radius 2 is 2.12 bits per heavy atom. The quantitative estimate of drug-likeness (QED) is 0.841. The number of amides is 1. The maximum absolute atomic E-state index is 11.5. The Hall–Kier alpha value is -0.870. The maximum atomic E-state index is 11.5. The first-order chi connectivity index (χ1) is 8.25. The van der Waals surface area contributed by atoms with Crippen LogP contribution in [0, 0.1) is 0 Å². The molecule has 17 heavy (non-hydrogen) atoms. The summed E-state index contributed by atoms with van der Waals surface area (Å²) in [5.74, 6) is 0.0870. The van der Waals surface area contributed by atoms with E-state index in [2.05, 4.69) is 32.6 Å². The van der Waals surface area contributed by atoms with Gasteiger partial charge in [-0.05, 0) is 30.9 Å². The van der Waals surface area contributed by atoms with Crippen LogP contribution in [0.15, 0.2) is 28.7 Å². The Morgan fingerprint density at radius 3 is 2.82 bits per heavy atom. The number of carbonyl (C=O) groups is 1. The van der Waals surface area contributed by atoms with E-state index in [1.165, 1.54) is 18.4 Å². The Morgan fingerprint density at radius 1 is 1.35 bits per heavy atom. The first kappa shape index (κ1) is 12.6. The zero-order valence-corrected chi connectivity index (χ0v) is 11.3. The number of carbonyl (C=O) groups excluding carboxylic acids is 1. The highest BCUT2D eigenvalue weighted by Gasteiger charge is 2.20. The molecule has 3 nitrogen and oxygen atoms in total. The van der Waals surface area contributed by atoms with Crippen LogP contribution in [0.1, 0.15) is 18.4 Å². The summed E-state index contributed by atoms with van der Waals surface area (Å²) < 4.78 is 1.10. The van der Waals surface area contributed by atoms with Crippen LogP contribution in [0.3, 0.4) is 0 Å². The predicted octanol–water partition coefficient (Wildman–Crippen LogP) is 1.86. The molecule has 0 aliphatic heterocycles. The molecule has 1 amide bonds. The fourth-order valence-electron chi connectivity index (χ4n) is 1.62. The molecular weight excluding hydrogens is 280 g/mol. The third kappa shape index (κ3) is 4.48. The van der Waals surface area contributed by atoms with E-state index in [4.69, 9.17) is 0 Å². The number of benzene rings is 1. The third-order valence-electron chi connectivity index (χ3n) is 2.80. The fourth-order valence-corrected chi connectivity index (χ4v) is 2.11. The fraction of sp³-hybridized carbons (Fsp3) is 0.462. The van der Waals surface area contributed by atoms with E-state index < -0.39 is 0 Å². The topological polar surface area (TPSA) is 41.1 Å². The Balaban J connectivity index is 1.64. The normalized spacial score (nSPS) is 14.6. The van der Waals surface area contributed by atoms with Crippen LogP contribution >= 0.6 is 15.9 Å². The van der Waals surface area contributed by atoms with Crippen LogP contribution in [-0.2, 0) is 11.2 Å². The van der Waals surface area contributed by atoms with Gasteiger partial charge in [0.05, 0.1) is 6.54 Å². The molecular formula is C13H17BrN2O. The average Bonchev–Trinajstić information content (AvgIpc) is 3.13. The van der Waals surface area contributed by atoms with Crippen LogP contribution < -0.4 is 10.6 Å². The minimum atomic E-state index is 0.0870. The lowest BCUT2D eigenvalue weighted by Gasteiger charge is -2.07. The van der Waals surface area contributed by atoms with E-state index in [1.54, 1.807) is 0 Å². The summed E-state index contributed by atoms with van der Waals surface area (Å²) >= 11 is 3.50. The third-order valence-corrected chi connectivity index (χ3v) is 3.58. The number of hydrogen-bond donors (Lipinski definition) is 2. The molecule has 0 radical (unpaired) electrons. The van der Waals surface area contributed by atoms with Crippen LogP contribution in [0.5, 0.6) is 0 Å². The molecule has 1 saturated carbocycles. The molecule has 0 saturated heterocycles. The molecule has 1 fully saturated rings. The Kier molecular flexibility index (Phi) is 4.57. The van der Waals surface area contributed by atoms with E-state index in [0.29, 0.717) is 19.1 Å². The number of hydrogen-bond acceptors (Lipinski definition) is 2. The Labute approximate surface area is 110 Å². The summed E-state index contributed by atoms with van der Waals surface area (Å²) in [6, 6.07) is 8.68. The summed E-state index contributed by atoms with van der Waals surface area (Å²) in [6.45, 7) is 1.13. The molecule has 0 unspecified atom stereocenters. The second-order valence-corrected chi connectivity index (χ2v) is 5.20. The van der Waals surface area contributed by atoms with Gasteiger partial charge in [0.15, 0.2) is 0 Å². The van der Waals surface area contributed by atoms with E-state index in [1.807, 2.05) is 18.2 Å². The summed E-state index contributed by atoms with van der Waals surface area (Å²) in [6.07, 6.45) is 3.28. The van der Waals surface area contributed by atoms with Gasteiger partial charge in [0.2, 0.25) is 5.91 Å². The maximum Gasteiger partial charge on any atom is 0.233 e. The van der Waals surface area contributed by atoms with Crippen molar-refractivity contribution in [3.8, 4) is 0 Å². The molecule has 1 aliphatic carbocycles. The highest BCUT2D eigenvalue weighted by Crippen LogP contribution is 2.18. The smallest absolute Gasteiger partial charge is 0.233 e. The highest BCUT2D eigenvalue weighted by molar-refractivity contribution is 9.10. The lowest BCUT2D eigenvalue weighted by atomic mass is 10.1. The molecule has 0 atom stereocenters. The highest BCUT2D eigenvalue weighted by atomic mass is 79.9. The SMILES string of the molecule is O=C(CNC1CC1)NCCc1ccccc1Br. The molecule has 1 aromatic rings. The van der Waals surface area contributed by atoms with Crippen molar-refractivity contribution in [2.45, 2.75) is 25.3 Å².